The van der Waals surface area contributed by atoms with Gasteiger partial charge >= 0.3 is 0 Å². The number of nitrogens with zero attached hydrogens (tertiary/aromatic N) is 3. The molecule has 1 aliphatic carbocycles. The minimum atomic E-state index is 0.0137. The van der Waals surface area contributed by atoms with E-state index in [1.54, 1.807) is 0 Å². The normalized spacial score (nSPS) is 23.8. The van der Waals surface area contributed by atoms with E-state index < -0.39 is 0 Å². The lowest BCUT2D eigenvalue weighted by molar-refractivity contribution is -0.0326. The van der Waals surface area contributed by atoms with E-state index in [-0.39, 0.29) is 6.10 Å². The third-order valence-electron chi connectivity index (χ3n) is 4.00. The van der Waals surface area contributed by atoms with E-state index in [4.69, 9.17) is 9.72 Å². The van der Waals surface area contributed by atoms with Crippen LogP contribution in [0.15, 0.2) is 6.07 Å². The maximum Gasteiger partial charge on any atom is 0.161 e. The first-order valence-electron chi connectivity index (χ1n) is 7.76. The Bertz CT molecular complexity index is 461. The molecule has 1 saturated heterocycles. The van der Waals surface area contributed by atoms with Crippen LogP contribution in [0.5, 0.6) is 0 Å². The van der Waals surface area contributed by atoms with Crippen molar-refractivity contribution in [1.29, 1.82) is 0 Å². The topological polar surface area (TPSA) is 50.3 Å². The molecule has 1 unspecified atom stereocenters. The lowest BCUT2D eigenvalue weighted by Gasteiger charge is -2.31. The van der Waals surface area contributed by atoms with Gasteiger partial charge in [-0.25, -0.2) is 9.97 Å². The zero-order chi connectivity index (χ0) is 13.9. The first-order chi connectivity index (χ1) is 9.80. The summed E-state index contributed by atoms with van der Waals surface area (Å²) >= 11 is 0. The average molecular weight is 276 g/mol. The fourth-order valence-electron chi connectivity index (χ4n) is 2.64. The second-order valence-corrected chi connectivity index (χ2v) is 5.59. The van der Waals surface area contributed by atoms with Crippen molar-refractivity contribution in [3.63, 3.8) is 0 Å². The third-order valence-corrected chi connectivity index (χ3v) is 4.00. The number of ether oxygens (including phenoxy) is 1. The standard InChI is InChI=1S/C15H24N4O/c1-3-16-14-9-12(11-5-6-11)17-15(18-14)13-10-19(4-2)7-8-20-13/h9,11,13H,3-8,10H2,1-2H3,(H,16,17,18). The van der Waals surface area contributed by atoms with E-state index in [1.807, 2.05) is 0 Å². The Morgan fingerprint density at radius 3 is 2.90 bits per heavy atom. The van der Waals surface area contributed by atoms with Gasteiger partial charge in [0.2, 0.25) is 0 Å². The second kappa shape index (κ2) is 6.06. The predicted molar refractivity (Wildman–Crippen MR) is 79.0 cm³/mol. The van der Waals surface area contributed by atoms with Crippen LogP contribution in [0.2, 0.25) is 0 Å². The van der Waals surface area contributed by atoms with Gasteiger partial charge in [-0.05, 0) is 26.3 Å². The molecule has 0 amide bonds. The van der Waals surface area contributed by atoms with Crippen LogP contribution >= 0.6 is 0 Å². The van der Waals surface area contributed by atoms with E-state index in [0.717, 1.165) is 44.4 Å². The van der Waals surface area contributed by atoms with Crippen LogP contribution in [0.3, 0.4) is 0 Å². The lowest BCUT2D eigenvalue weighted by atomic mass is 10.2. The van der Waals surface area contributed by atoms with Crippen LogP contribution in [0.4, 0.5) is 5.82 Å². The highest BCUT2D eigenvalue weighted by Gasteiger charge is 2.29. The number of nitrogens with one attached hydrogen (secondary N) is 1. The Hall–Kier alpha value is -1.20. The van der Waals surface area contributed by atoms with Crippen LogP contribution in [0.25, 0.3) is 0 Å². The largest absolute Gasteiger partial charge is 0.370 e. The maximum absolute atomic E-state index is 5.89. The molecule has 0 spiro atoms. The molecule has 1 aromatic heterocycles. The summed E-state index contributed by atoms with van der Waals surface area (Å²) in [6.07, 6.45) is 2.53. The smallest absolute Gasteiger partial charge is 0.161 e. The summed E-state index contributed by atoms with van der Waals surface area (Å²) in [7, 11) is 0. The molecule has 110 valence electrons. The van der Waals surface area contributed by atoms with Gasteiger partial charge in [-0.15, -0.1) is 0 Å². The molecule has 0 aromatic carbocycles. The van der Waals surface area contributed by atoms with E-state index in [2.05, 4.69) is 35.1 Å². The van der Waals surface area contributed by atoms with Crippen molar-refractivity contribution in [1.82, 2.24) is 14.9 Å². The average Bonchev–Trinajstić information content (AvgIpc) is 3.32. The van der Waals surface area contributed by atoms with Gasteiger partial charge in [0.25, 0.3) is 0 Å². The summed E-state index contributed by atoms with van der Waals surface area (Å²) in [4.78, 5) is 11.8. The number of hydrogen-bond acceptors (Lipinski definition) is 5. The number of aromatic nitrogens is 2. The molecule has 5 heteroatoms. The molecule has 2 heterocycles. The monoisotopic (exact) mass is 276 g/mol. The van der Waals surface area contributed by atoms with Crippen LogP contribution in [-0.4, -0.2) is 47.7 Å². The minimum Gasteiger partial charge on any atom is -0.370 e. The molecule has 2 aliphatic rings. The molecular formula is C15H24N4O. The number of hydrogen-bond donors (Lipinski definition) is 1. The first-order valence-corrected chi connectivity index (χ1v) is 7.76. The summed E-state index contributed by atoms with van der Waals surface area (Å²) < 4.78 is 5.89. The van der Waals surface area contributed by atoms with Crippen molar-refractivity contribution in [2.24, 2.45) is 0 Å². The third kappa shape index (κ3) is 3.10. The van der Waals surface area contributed by atoms with Crippen LogP contribution in [-0.2, 0) is 4.74 Å². The molecule has 5 nitrogen and oxygen atoms in total. The summed E-state index contributed by atoms with van der Waals surface area (Å²) in [5.41, 5.74) is 1.18. The molecular weight excluding hydrogens is 252 g/mol. The van der Waals surface area contributed by atoms with Crippen molar-refractivity contribution >= 4 is 5.82 Å². The Labute approximate surface area is 120 Å². The van der Waals surface area contributed by atoms with E-state index in [0.29, 0.717) is 5.92 Å². The summed E-state index contributed by atoms with van der Waals surface area (Å²) in [5.74, 6) is 2.43. The Morgan fingerprint density at radius 2 is 2.20 bits per heavy atom. The van der Waals surface area contributed by atoms with Gasteiger partial charge in [-0.3, -0.25) is 4.90 Å². The van der Waals surface area contributed by atoms with Crippen LogP contribution in [0.1, 0.15) is 50.2 Å². The van der Waals surface area contributed by atoms with Crippen molar-refractivity contribution in [2.75, 3.05) is 38.1 Å². The van der Waals surface area contributed by atoms with Crippen molar-refractivity contribution in [3.8, 4) is 0 Å². The molecule has 0 bridgehead atoms. The molecule has 3 rings (SSSR count). The first kappa shape index (κ1) is 13.8. The highest BCUT2D eigenvalue weighted by Crippen LogP contribution is 2.40. The summed E-state index contributed by atoms with van der Waals surface area (Å²) in [6, 6.07) is 2.10. The molecule has 1 atom stereocenters. The van der Waals surface area contributed by atoms with Gasteiger partial charge in [0, 0.05) is 37.3 Å². The highest BCUT2D eigenvalue weighted by molar-refractivity contribution is 5.38. The van der Waals surface area contributed by atoms with Gasteiger partial charge in [0.05, 0.1) is 6.61 Å². The van der Waals surface area contributed by atoms with Crippen LogP contribution in [0, 0.1) is 0 Å². The summed E-state index contributed by atoms with van der Waals surface area (Å²) in [6.45, 7) is 8.90. The fraction of sp³-hybridized carbons (Fsp3) is 0.733. The number of anilines is 1. The van der Waals surface area contributed by atoms with Gasteiger partial charge in [-0.1, -0.05) is 6.92 Å². The fourth-order valence-corrected chi connectivity index (χ4v) is 2.64. The molecule has 2 fully saturated rings. The van der Waals surface area contributed by atoms with E-state index >= 15 is 0 Å². The van der Waals surface area contributed by atoms with Gasteiger partial charge < -0.3 is 10.1 Å². The van der Waals surface area contributed by atoms with Gasteiger partial charge in [0.15, 0.2) is 5.82 Å². The second-order valence-electron chi connectivity index (χ2n) is 5.59. The molecule has 1 N–H and O–H groups in total. The Kier molecular flexibility index (Phi) is 4.17. The quantitative estimate of drug-likeness (QED) is 0.893. The number of morpholine rings is 1. The SMILES string of the molecule is CCNc1cc(C2CC2)nc(C2CN(CC)CCO2)n1. The molecule has 0 radical (unpaired) electrons. The number of rotatable bonds is 5. The lowest BCUT2D eigenvalue weighted by Crippen LogP contribution is -2.38. The van der Waals surface area contributed by atoms with Gasteiger partial charge in [-0.2, -0.15) is 0 Å². The van der Waals surface area contributed by atoms with E-state index in [9.17, 15) is 0 Å². The zero-order valence-electron chi connectivity index (χ0n) is 12.4. The Balaban J connectivity index is 1.83. The minimum absolute atomic E-state index is 0.0137. The number of likely N-dealkylation sites (N-methyl/N-ethyl adjacent to an activating group) is 1. The molecule has 1 aromatic rings. The van der Waals surface area contributed by atoms with Crippen molar-refractivity contribution < 1.29 is 4.74 Å². The molecule has 1 saturated carbocycles. The van der Waals surface area contributed by atoms with Crippen molar-refractivity contribution in [3.05, 3.63) is 17.6 Å². The predicted octanol–water partition coefficient (Wildman–Crippen LogP) is 2.18. The van der Waals surface area contributed by atoms with Crippen LogP contribution < -0.4 is 5.32 Å². The maximum atomic E-state index is 5.89. The van der Waals surface area contributed by atoms with Crippen molar-refractivity contribution in [2.45, 2.75) is 38.7 Å². The van der Waals surface area contributed by atoms with E-state index in [1.165, 1.54) is 18.5 Å². The molecule has 1 aliphatic heterocycles. The highest BCUT2D eigenvalue weighted by atomic mass is 16.5. The Morgan fingerprint density at radius 1 is 1.35 bits per heavy atom. The zero-order valence-corrected chi connectivity index (χ0v) is 12.4. The van der Waals surface area contributed by atoms with Gasteiger partial charge in [0.1, 0.15) is 11.9 Å². The molecule has 20 heavy (non-hydrogen) atoms. The summed E-state index contributed by atoms with van der Waals surface area (Å²) in [5, 5.41) is 3.31.